The van der Waals surface area contributed by atoms with E-state index >= 15 is 0 Å². The number of rotatable bonds is 10. The van der Waals surface area contributed by atoms with Gasteiger partial charge in [-0.25, -0.2) is 4.79 Å². The summed E-state index contributed by atoms with van der Waals surface area (Å²) < 4.78 is 10.8. The molecule has 2 unspecified atom stereocenters. The third kappa shape index (κ3) is 10.4. The maximum Gasteiger partial charge on any atom is 0.407 e. The van der Waals surface area contributed by atoms with Gasteiger partial charge in [-0.3, -0.25) is 4.79 Å². The van der Waals surface area contributed by atoms with E-state index in [1.165, 1.54) is 26.2 Å². The molecule has 0 aromatic heterocycles. The minimum atomic E-state index is -0.428. The van der Waals surface area contributed by atoms with Gasteiger partial charge in [0.15, 0.2) is 0 Å². The van der Waals surface area contributed by atoms with Crippen molar-refractivity contribution in [2.45, 2.75) is 70.4 Å². The number of hydrogen-bond acceptors (Lipinski definition) is 5. The monoisotopic (exact) mass is 340 g/mol. The van der Waals surface area contributed by atoms with Crippen molar-refractivity contribution in [3.8, 4) is 0 Å². The summed E-state index contributed by atoms with van der Waals surface area (Å²) in [4.78, 5) is 22.5. The van der Waals surface area contributed by atoms with Gasteiger partial charge in [-0.15, -0.1) is 0 Å². The van der Waals surface area contributed by atoms with Crippen LogP contribution in [0.25, 0.3) is 0 Å². The fourth-order valence-electron chi connectivity index (χ4n) is 2.54. The normalized spacial score (nSPS) is 19.2. The molecule has 0 fully saturated rings. The third-order valence-electron chi connectivity index (χ3n) is 4.09. The van der Waals surface area contributed by atoms with Gasteiger partial charge in [0.1, 0.15) is 12.4 Å². The molecule has 1 rings (SSSR count). The number of carbonyl (C=O) groups is 2. The zero-order valence-corrected chi connectivity index (χ0v) is 14.8. The highest BCUT2D eigenvalue weighted by Gasteiger charge is 2.09. The van der Waals surface area contributed by atoms with E-state index < -0.39 is 12.1 Å². The maximum atomic E-state index is 11.5. The van der Waals surface area contributed by atoms with Crippen molar-refractivity contribution in [3.05, 3.63) is 12.2 Å². The molecule has 0 radical (unpaired) electrons. The molecule has 0 spiro atoms. The van der Waals surface area contributed by atoms with E-state index in [1.807, 2.05) is 0 Å². The Hall–Kier alpha value is -1.40. The predicted molar refractivity (Wildman–Crippen MR) is 93.8 cm³/mol. The van der Waals surface area contributed by atoms with Crippen LogP contribution in [0.4, 0.5) is 4.79 Å². The first-order valence-corrected chi connectivity index (χ1v) is 9.04. The van der Waals surface area contributed by atoms with Crippen molar-refractivity contribution in [3.63, 3.8) is 0 Å². The smallest absolute Gasteiger partial charge is 0.407 e. The van der Waals surface area contributed by atoms with E-state index in [9.17, 15) is 9.59 Å². The molecule has 0 aliphatic heterocycles. The first-order chi connectivity index (χ1) is 11.6. The van der Waals surface area contributed by atoms with Crippen LogP contribution in [-0.2, 0) is 14.3 Å². The second kappa shape index (κ2) is 13.0. The minimum Gasteiger partial charge on any atom is -0.447 e. The van der Waals surface area contributed by atoms with Gasteiger partial charge in [-0.1, -0.05) is 25.0 Å². The van der Waals surface area contributed by atoms with Gasteiger partial charge in [0.2, 0.25) is 0 Å². The second-order valence-electron chi connectivity index (χ2n) is 6.25. The van der Waals surface area contributed by atoms with Crippen molar-refractivity contribution in [1.29, 1.82) is 0 Å². The zero-order valence-electron chi connectivity index (χ0n) is 14.8. The molecule has 0 aromatic rings. The van der Waals surface area contributed by atoms with Crippen LogP contribution in [0.15, 0.2) is 12.2 Å². The van der Waals surface area contributed by atoms with E-state index in [2.05, 4.69) is 17.5 Å². The SMILES string of the molecule is CC(=O)C(N)CCCCNC(=O)OCCOC1C=CCCCCC1. The molecule has 1 aliphatic carbocycles. The molecular formula is C18H32N2O4. The molecule has 6 nitrogen and oxygen atoms in total. The molecule has 0 heterocycles. The zero-order chi connectivity index (χ0) is 17.6. The first-order valence-electron chi connectivity index (χ1n) is 9.04. The molecule has 1 amide bonds. The van der Waals surface area contributed by atoms with Crippen LogP contribution >= 0.6 is 0 Å². The lowest BCUT2D eigenvalue weighted by molar-refractivity contribution is -0.118. The average Bonchev–Trinajstić information content (AvgIpc) is 2.52. The van der Waals surface area contributed by atoms with Crippen LogP contribution in [0.2, 0.25) is 0 Å². The van der Waals surface area contributed by atoms with E-state index in [0.717, 1.165) is 25.7 Å². The summed E-state index contributed by atoms with van der Waals surface area (Å²) in [7, 11) is 0. The second-order valence-corrected chi connectivity index (χ2v) is 6.25. The average molecular weight is 340 g/mol. The lowest BCUT2D eigenvalue weighted by Crippen LogP contribution is -2.29. The molecule has 0 aromatic carbocycles. The summed E-state index contributed by atoms with van der Waals surface area (Å²) in [5, 5.41) is 2.69. The Morgan fingerprint density at radius 3 is 2.88 bits per heavy atom. The highest BCUT2D eigenvalue weighted by molar-refractivity contribution is 5.81. The summed E-state index contributed by atoms with van der Waals surface area (Å²) >= 11 is 0. The van der Waals surface area contributed by atoms with E-state index in [-0.39, 0.29) is 18.5 Å². The number of alkyl carbamates (subject to hydrolysis) is 1. The lowest BCUT2D eigenvalue weighted by atomic mass is 10.0. The largest absolute Gasteiger partial charge is 0.447 e. The highest BCUT2D eigenvalue weighted by atomic mass is 16.6. The summed E-state index contributed by atoms with van der Waals surface area (Å²) in [5.74, 6) is 0.00139. The summed E-state index contributed by atoms with van der Waals surface area (Å²) in [6.07, 6.45) is 12.1. The van der Waals surface area contributed by atoms with Crippen molar-refractivity contribution < 1.29 is 19.1 Å². The maximum absolute atomic E-state index is 11.5. The minimum absolute atomic E-state index is 0.00139. The first kappa shape index (κ1) is 20.6. The van der Waals surface area contributed by atoms with Gasteiger partial charge >= 0.3 is 6.09 Å². The van der Waals surface area contributed by atoms with Crippen molar-refractivity contribution in [1.82, 2.24) is 5.32 Å². The molecular weight excluding hydrogens is 308 g/mol. The van der Waals surface area contributed by atoms with E-state index in [1.54, 1.807) is 0 Å². The molecule has 24 heavy (non-hydrogen) atoms. The van der Waals surface area contributed by atoms with Gasteiger partial charge in [0, 0.05) is 6.54 Å². The Morgan fingerprint density at radius 1 is 1.25 bits per heavy atom. The Kier molecular flexibility index (Phi) is 11.1. The Bertz CT molecular complexity index is 398. The fourth-order valence-corrected chi connectivity index (χ4v) is 2.54. The number of amides is 1. The molecule has 3 N–H and O–H groups in total. The number of ether oxygens (including phenoxy) is 2. The summed E-state index contributed by atoms with van der Waals surface area (Å²) in [5.41, 5.74) is 5.64. The number of nitrogens with one attached hydrogen (secondary N) is 1. The van der Waals surface area contributed by atoms with Gasteiger partial charge < -0.3 is 20.5 Å². The molecule has 0 bridgehead atoms. The molecule has 138 valence electrons. The van der Waals surface area contributed by atoms with E-state index in [4.69, 9.17) is 15.2 Å². The van der Waals surface area contributed by atoms with Crippen LogP contribution < -0.4 is 11.1 Å². The predicted octanol–water partition coefficient (Wildman–Crippen LogP) is 2.70. The van der Waals surface area contributed by atoms with Crippen LogP contribution in [0, 0.1) is 0 Å². The Morgan fingerprint density at radius 2 is 2.08 bits per heavy atom. The molecule has 0 saturated heterocycles. The fraction of sp³-hybridized carbons (Fsp3) is 0.778. The van der Waals surface area contributed by atoms with Crippen LogP contribution in [0.1, 0.15) is 58.3 Å². The summed E-state index contributed by atoms with van der Waals surface area (Å²) in [6.45, 7) is 2.69. The number of carbonyl (C=O) groups excluding carboxylic acids is 2. The van der Waals surface area contributed by atoms with Gasteiger partial charge in [0.25, 0.3) is 0 Å². The highest BCUT2D eigenvalue weighted by Crippen LogP contribution is 2.13. The molecule has 0 saturated carbocycles. The van der Waals surface area contributed by atoms with Crippen molar-refractivity contribution >= 4 is 11.9 Å². The molecule has 6 heteroatoms. The van der Waals surface area contributed by atoms with Gasteiger partial charge in [0.05, 0.1) is 18.8 Å². The number of allylic oxidation sites excluding steroid dienone is 1. The van der Waals surface area contributed by atoms with Crippen molar-refractivity contribution in [2.24, 2.45) is 5.73 Å². The van der Waals surface area contributed by atoms with Crippen LogP contribution in [0.5, 0.6) is 0 Å². The number of nitrogens with two attached hydrogens (primary N) is 1. The lowest BCUT2D eigenvalue weighted by Gasteiger charge is -2.16. The van der Waals surface area contributed by atoms with Crippen LogP contribution in [0.3, 0.4) is 0 Å². The van der Waals surface area contributed by atoms with Crippen LogP contribution in [-0.4, -0.2) is 43.8 Å². The van der Waals surface area contributed by atoms with Gasteiger partial charge in [-0.2, -0.15) is 0 Å². The Labute approximate surface area is 145 Å². The summed E-state index contributed by atoms with van der Waals surface area (Å²) in [6, 6.07) is -0.392. The molecule has 1 aliphatic rings. The topological polar surface area (TPSA) is 90.7 Å². The van der Waals surface area contributed by atoms with E-state index in [0.29, 0.717) is 19.6 Å². The Balaban J connectivity index is 1.97. The molecule has 2 atom stereocenters. The number of hydrogen-bond donors (Lipinski definition) is 2. The number of unbranched alkanes of at least 4 members (excludes halogenated alkanes) is 1. The third-order valence-corrected chi connectivity index (χ3v) is 4.09. The van der Waals surface area contributed by atoms with Crippen molar-refractivity contribution in [2.75, 3.05) is 19.8 Å². The standard InChI is InChI=1S/C18H32N2O4/c1-15(21)17(19)11-7-8-12-20-18(22)24-14-13-23-16-9-5-3-2-4-6-10-16/h5,9,16-17H,2-4,6-8,10-14,19H2,1H3,(H,20,22). The quantitative estimate of drug-likeness (QED) is 0.471. The number of Topliss-reactive ketones (excluding diaryl/α,β-unsaturated/α-hetero) is 1. The van der Waals surface area contributed by atoms with Gasteiger partial charge in [-0.05, 0) is 45.4 Å². The number of ketones is 1.